The largest absolute Gasteiger partial charge is 0.374 e. The minimum Gasteiger partial charge on any atom is -0.374 e. The zero-order valence-electron chi connectivity index (χ0n) is 38.6. The normalized spacial score (nSPS) is 20.8. The average Bonchev–Trinajstić information content (AvgIpc) is 4.02. The number of nitriles is 1. The second-order valence-corrected chi connectivity index (χ2v) is 19.5. The number of hydrogen-bond donors (Lipinski definition) is 3. The predicted octanol–water partition coefficient (Wildman–Crippen LogP) is 6.20. The fourth-order valence-corrected chi connectivity index (χ4v) is 10.9. The molecule has 5 fully saturated rings. The van der Waals surface area contributed by atoms with E-state index in [0.717, 1.165) is 98.9 Å². The number of imide groups is 1. The maximum absolute atomic E-state index is 15.3. The number of pyridine rings is 2. The Kier molecular flexibility index (Phi) is 12.7. The zero-order valence-corrected chi connectivity index (χ0v) is 38.6. The Balaban J connectivity index is 0.731. The average molecular weight is 923 g/mol. The van der Waals surface area contributed by atoms with Crippen molar-refractivity contribution < 1.29 is 23.6 Å². The summed E-state index contributed by atoms with van der Waals surface area (Å²) >= 11 is 0. The Morgan fingerprint density at radius 2 is 1.68 bits per heavy atom. The number of piperidine rings is 4. The molecule has 1 unspecified atom stereocenters. The second-order valence-electron chi connectivity index (χ2n) is 19.5. The molecule has 3 N–H and O–H groups in total. The van der Waals surface area contributed by atoms with Gasteiger partial charge in [0.2, 0.25) is 23.6 Å². The Hall–Kier alpha value is -6.67. The summed E-state index contributed by atoms with van der Waals surface area (Å²) in [6.07, 6.45) is 18.7. The number of hydrogen-bond acceptors (Lipinski definition) is 11. The van der Waals surface area contributed by atoms with Gasteiger partial charge in [0.1, 0.15) is 23.7 Å². The fraction of sp³-hybridized carbons (Fsp3) is 0.490. The highest BCUT2D eigenvalue weighted by molar-refractivity contribution is 6.01. The fourth-order valence-electron chi connectivity index (χ4n) is 10.9. The van der Waals surface area contributed by atoms with Crippen LogP contribution in [0.3, 0.4) is 0 Å². The predicted molar refractivity (Wildman–Crippen MR) is 254 cm³/mol. The van der Waals surface area contributed by atoms with Crippen LogP contribution in [0.2, 0.25) is 0 Å². The first-order valence-corrected chi connectivity index (χ1v) is 24.4. The topological polar surface area (TPSA) is 186 Å². The van der Waals surface area contributed by atoms with Crippen LogP contribution < -0.4 is 20.9 Å². The third kappa shape index (κ3) is 9.17. The third-order valence-electron chi connectivity index (χ3n) is 15.5. The van der Waals surface area contributed by atoms with Gasteiger partial charge in [0, 0.05) is 85.2 Å². The standard InChI is InChI=1S/C51H59FN12O4/c1-2-51(50(68)58-38-4-3-5-38)16-22-61(23-17-51)45-10-6-34(27-54-45)42-24-35(30-64-48(42)36(26-53)28-56-64)37-29-55-63(31-37)40-14-20-62(21-15-40)47(66)32-60-18-12-33(13-19-60)41-8-7-39(25-43(41)52)57-44-9-11-46(65)59-49(44)67/h6-8,10,24-25,27-31,33,38,40,44,57H,2-5,9,11-23,32H2,1H3,(H,58,68)(H,59,65,67). The molecule has 68 heavy (non-hydrogen) atoms. The van der Waals surface area contributed by atoms with Crippen molar-refractivity contribution in [3.63, 3.8) is 0 Å². The number of carbonyl (C=O) groups is 4. The maximum Gasteiger partial charge on any atom is 0.249 e. The minimum absolute atomic E-state index is 0.0404. The van der Waals surface area contributed by atoms with Crippen LogP contribution in [-0.2, 0) is 19.2 Å². The van der Waals surface area contributed by atoms with E-state index in [4.69, 9.17) is 10.1 Å². The van der Waals surface area contributed by atoms with Gasteiger partial charge in [-0.3, -0.25) is 34.1 Å². The first-order valence-electron chi connectivity index (χ1n) is 24.4. The monoisotopic (exact) mass is 922 g/mol. The lowest BCUT2D eigenvalue weighted by atomic mass is 9.74. The maximum atomic E-state index is 15.3. The number of carbonyl (C=O) groups excluding carboxylic acids is 4. The zero-order chi connectivity index (χ0) is 46.9. The van der Waals surface area contributed by atoms with Crippen molar-refractivity contribution in [2.24, 2.45) is 5.41 Å². The number of nitrogens with zero attached hydrogens (tertiary/aromatic N) is 9. The molecule has 1 saturated carbocycles. The van der Waals surface area contributed by atoms with Gasteiger partial charge < -0.3 is 20.4 Å². The van der Waals surface area contributed by atoms with E-state index in [-0.39, 0.29) is 47.3 Å². The SMILES string of the molecule is CCC1(C(=O)NC2CCC2)CCN(c2ccc(-c3cc(-c4cnn(C5CCN(C(=O)CN6CCC(c7ccc(NC8CCC(=O)NC8=O)cc7F)CC6)CC5)c4)cn4ncc(C#N)c34)cn2)CC1. The van der Waals surface area contributed by atoms with Crippen LogP contribution in [-0.4, -0.2) is 116 Å². The summed E-state index contributed by atoms with van der Waals surface area (Å²) in [6.45, 7) is 6.65. The number of benzene rings is 1. The Morgan fingerprint density at radius 1 is 0.882 bits per heavy atom. The lowest BCUT2D eigenvalue weighted by molar-refractivity contribution is -0.135. The van der Waals surface area contributed by atoms with E-state index < -0.39 is 11.9 Å². The van der Waals surface area contributed by atoms with Crippen molar-refractivity contribution >= 4 is 40.7 Å². The van der Waals surface area contributed by atoms with E-state index in [1.54, 1.807) is 22.8 Å². The van der Waals surface area contributed by atoms with Gasteiger partial charge >= 0.3 is 0 Å². The number of fused-ring (bicyclic) bond motifs is 1. The quantitative estimate of drug-likeness (QED) is 0.121. The number of aromatic nitrogens is 5. The molecule has 10 rings (SSSR count). The van der Waals surface area contributed by atoms with Crippen molar-refractivity contribution in [1.82, 2.24) is 44.8 Å². The Bertz CT molecular complexity index is 2730. The molecule has 16 nitrogen and oxygen atoms in total. The number of anilines is 2. The van der Waals surface area contributed by atoms with Crippen LogP contribution in [0.15, 0.2) is 67.4 Å². The Morgan fingerprint density at radius 3 is 2.35 bits per heavy atom. The molecule has 4 amide bonds. The van der Waals surface area contributed by atoms with Crippen molar-refractivity contribution in [2.75, 3.05) is 56.0 Å². The van der Waals surface area contributed by atoms with Gasteiger partial charge in [-0.2, -0.15) is 15.5 Å². The number of amides is 4. The van der Waals surface area contributed by atoms with Gasteiger partial charge in [-0.1, -0.05) is 13.0 Å². The summed E-state index contributed by atoms with van der Waals surface area (Å²) in [5, 5.41) is 28.1. The molecule has 0 bridgehead atoms. The smallest absolute Gasteiger partial charge is 0.249 e. The minimum atomic E-state index is -0.573. The van der Waals surface area contributed by atoms with Crippen LogP contribution in [0.25, 0.3) is 27.8 Å². The third-order valence-corrected chi connectivity index (χ3v) is 15.5. The molecule has 5 aromatic rings. The molecule has 0 spiro atoms. The molecule has 8 heterocycles. The van der Waals surface area contributed by atoms with E-state index >= 15 is 4.39 Å². The first-order chi connectivity index (χ1) is 33.1. The second kappa shape index (κ2) is 19.1. The molecular weight excluding hydrogens is 864 g/mol. The molecule has 1 atom stereocenters. The van der Waals surface area contributed by atoms with Crippen LogP contribution in [0, 0.1) is 22.6 Å². The molecule has 4 saturated heterocycles. The summed E-state index contributed by atoms with van der Waals surface area (Å²) in [5.74, 6) is 0.222. The molecule has 4 aromatic heterocycles. The number of likely N-dealkylation sites (tertiary alicyclic amines) is 2. The summed E-state index contributed by atoms with van der Waals surface area (Å²) in [4.78, 5) is 61.8. The molecule has 5 aliphatic rings. The highest BCUT2D eigenvalue weighted by atomic mass is 19.1. The summed E-state index contributed by atoms with van der Waals surface area (Å²) in [7, 11) is 0. The van der Waals surface area contributed by atoms with E-state index in [9.17, 15) is 24.4 Å². The number of rotatable bonds is 12. The van der Waals surface area contributed by atoms with Crippen molar-refractivity contribution in [1.29, 1.82) is 5.26 Å². The van der Waals surface area contributed by atoms with Gasteiger partial charge in [-0.15, -0.1) is 0 Å². The highest BCUT2D eigenvalue weighted by Gasteiger charge is 2.41. The van der Waals surface area contributed by atoms with Crippen molar-refractivity contribution in [3.8, 4) is 28.3 Å². The van der Waals surface area contributed by atoms with Gasteiger partial charge in [0.05, 0.1) is 41.5 Å². The van der Waals surface area contributed by atoms with Crippen molar-refractivity contribution in [2.45, 2.75) is 108 Å². The Labute approximate surface area is 395 Å². The molecule has 1 aliphatic carbocycles. The summed E-state index contributed by atoms with van der Waals surface area (Å²) in [6, 6.07) is 13.4. The van der Waals surface area contributed by atoms with Gasteiger partial charge in [0.15, 0.2) is 0 Å². The van der Waals surface area contributed by atoms with E-state index in [1.807, 2.05) is 34.2 Å². The number of nitrogens with one attached hydrogen (secondary N) is 3. The molecule has 4 aliphatic heterocycles. The van der Waals surface area contributed by atoms with E-state index in [2.05, 4.69) is 62.2 Å². The first kappa shape index (κ1) is 45.1. The van der Waals surface area contributed by atoms with Crippen LogP contribution >= 0.6 is 0 Å². The van der Waals surface area contributed by atoms with Gasteiger partial charge in [-0.25, -0.2) is 13.9 Å². The molecule has 1 aromatic carbocycles. The van der Waals surface area contributed by atoms with Crippen LogP contribution in [0.1, 0.15) is 107 Å². The van der Waals surface area contributed by atoms with Crippen LogP contribution in [0.4, 0.5) is 15.9 Å². The summed E-state index contributed by atoms with van der Waals surface area (Å²) < 4.78 is 19.1. The van der Waals surface area contributed by atoms with E-state index in [1.165, 1.54) is 12.5 Å². The lowest BCUT2D eigenvalue weighted by Crippen LogP contribution is -2.52. The number of halogens is 1. The molecule has 354 valence electrons. The van der Waals surface area contributed by atoms with Crippen molar-refractivity contribution in [3.05, 3.63) is 84.3 Å². The lowest BCUT2D eigenvalue weighted by Gasteiger charge is -2.42. The van der Waals surface area contributed by atoms with E-state index in [0.29, 0.717) is 67.5 Å². The van der Waals surface area contributed by atoms with Gasteiger partial charge in [0.25, 0.3) is 0 Å². The van der Waals surface area contributed by atoms with Gasteiger partial charge in [-0.05, 0) is 126 Å². The van der Waals surface area contributed by atoms with Crippen LogP contribution in [0.5, 0.6) is 0 Å². The molecule has 17 heteroatoms. The highest BCUT2D eigenvalue weighted by Crippen LogP contribution is 2.39. The summed E-state index contributed by atoms with van der Waals surface area (Å²) in [5.41, 5.74) is 5.55. The molecule has 0 radical (unpaired) electrons. The molecular formula is C51H59FN12O4.